The molecular weight excluding hydrogens is 248 g/mol. The summed E-state index contributed by atoms with van der Waals surface area (Å²) in [4.78, 5) is 4.25. The minimum Gasteiger partial charge on any atom is -0.507 e. The van der Waals surface area contributed by atoms with Gasteiger partial charge in [-0.15, -0.1) is 0 Å². The van der Waals surface area contributed by atoms with E-state index in [4.69, 9.17) is 14.0 Å². The zero-order valence-corrected chi connectivity index (χ0v) is 10.5. The maximum absolute atomic E-state index is 9.88. The molecule has 1 aliphatic heterocycles. The van der Waals surface area contributed by atoms with Crippen molar-refractivity contribution in [2.75, 3.05) is 19.8 Å². The standard InChI is InChI=1S/C13H14N2O4/c1-8-2-3-9(10(16)6-8)13-14-12(15-19-13)11-7-17-4-5-18-11/h2-3,6,11,16H,4-5,7H2,1H3. The molecular formula is C13H14N2O4. The molecule has 1 saturated heterocycles. The third-order valence-electron chi connectivity index (χ3n) is 2.93. The molecule has 1 unspecified atom stereocenters. The van der Waals surface area contributed by atoms with Crippen LogP contribution in [-0.2, 0) is 9.47 Å². The highest BCUT2D eigenvalue weighted by Crippen LogP contribution is 2.29. The summed E-state index contributed by atoms with van der Waals surface area (Å²) >= 11 is 0. The van der Waals surface area contributed by atoms with Gasteiger partial charge < -0.3 is 19.1 Å². The van der Waals surface area contributed by atoms with Gasteiger partial charge in [-0.05, 0) is 24.6 Å². The maximum Gasteiger partial charge on any atom is 0.261 e. The Bertz CT molecular complexity index is 576. The smallest absolute Gasteiger partial charge is 0.261 e. The van der Waals surface area contributed by atoms with Crippen LogP contribution in [0.15, 0.2) is 22.7 Å². The van der Waals surface area contributed by atoms with Crippen molar-refractivity contribution >= 4 is 0 Å². The lowest BCUT2D eigenvalue weighted by atomic mass is 10.1. The van der Waals surface area contributed by atoms with Crippen LogP contribution in [0.2, 0.25) is 0 Å². The molecule has 100 valence electrons. The van der Waals surface area contributed by atoms with Gasteiger partial charge in [0.1, 0.15) is 11.9 Å². The van der Waals surface area contributed by atoms with Gasteiger partial charge in [0.15, 0.2) is 0 Å². The summed E-state index contributed by atoms with van der Waals surface area (Å²) in [6, 6.07) is 5.28. The first-order valence-electron chi connectivity index (χ1n) is 6.07. The topological polar surface area (TPSA) is 77.6 Å². The summed E-state index contributed by atoms with van der Waals surface area (Å²) < 4.78 is 16.0. The van der Waals surface area contributed by atoms with E-state index < -0.39 is 0 Å². The molecule has 1 aromatic heterocycles. The molecule has 6 heteroatoms. The van der Waals surface area contributed by atoms with Crippen LogP contribution in [0.3, 0.4) is 0 Å². The van der Waals surface area contributed by atoms with Crippen molar-refractivity contribution in [3.05, 3.63) is 29.6 Å². The number of aryl methyl sites for hydroxylation is 1. The SMILES string of the molecule is Cc1ccc(-c2nc(C3COCCO3)no2)c(O)c1. The molecule has 6 nitrogen and oxygen atoms in total. The van der Waals surface area contributed by atoms with E-state index in [2.05, 4.69) is 10.1 Å². The Labute approximate surface area is 110 Å². The Hall–Kier alpha value is -1.92. The van der Waals surface area contributed by atoms with Gasteiger partial charge in [0, 0.05) is 0 Å². The van der Waals surface area contributed by atoms with Crippen molar-refractivity contribution in [3.8, 4) is 17.2 Å². The number of ether oxygens (including phenoxy) is 2. The van der Waals surface area contributed by atoms with Crippen molar-refractivity contribution in [1.82, 2.24) is 10.1 Å². The fourth-order valence-corrected chi connectivity index (χ4v) is 1.93. The van der Waals surface area contributed by atoms with Gasteiger partial charge in [-0.25, -0.2) is 0 Å². The molecule has 1 fully saturated rings. The van der Waals surface area contributed by atoms with Gasteiger partial charge in [0.05, 0.1) is 25.4 Å². The molecule has 0 amide bonds. The van der Waals surface area contributed by atoms with Crippen molar-refractivity contribution < 1.29 is 19.1 Å². The average Bonchev–Trinajstić information content (AvgIpc) is 2.89. The molecule has 0 bridgehead atoms. The van der Waals surface area contributed by atoms with E-state index in [9.17, 15) is 5.11 Å². The number of aromatic nitrogens is 2. The average molecular weight is 262 g/mol. The lowest BCUT2D eigenvalue weighted by Gasteiger charge is -2.19. The minimum atomic E-state index is -0.307. The summed E-state index contributed by atoms with van der Waals surface area (Å²) in [6.07, 6.45) is -0.307. The third kappa shape index (κ3) is 2.45. The molecule has 2 heterocycles. The van der Waals surface area contributed by atoms with Crippen molar-refractivity contribution in [1.29, 1.82) is 0 Å². The molecule has 19 heavy (non-hydrogen) atoms. The van der Waals surface area contributed by atoms with Crippen molar-refractivity contribution in [2.24, 2.45) is 0 Å². The Balaban J connectivity index is 1.87. The van der Waals surface area contributed by atoms with E-state index >= 15 is 0 Å². The van der Waals surface area contributed by atoms with Crippen LogP contribution >= 0.6 is 0 Å². The number of rotatable bonds is 2. The molecule has 3 rings (SSSR count). The normalized spacial score (nSPS) is 19.5. The third-order valence-corrected chi connectivity index (χ3v) is 2.93. The molecule has 1 aromatic carbocycles. The number of aromatic hydroxyl groups is 1. The van der Waals surface area contributed by atoms with Gasteiger partial charge >= 0.3 is 0 Å². The van der Waals surface area contributed by atoms with E-state index in [1.165, 1.54) is 0 Å². The number of benzene rings is 1. The molecule has 2 aromatic rings. The predicted molar refractivity (Wildman–Crippen MR) is 65.6 cm³/mol. The zero-order chi connectivity index (χ0) is 13.2. The lowest BCUT2D eigenvalue weighted by Crippen LogP contribution is -2.22. The Kier molecular flexibility index (Phi) is 3.18. The maximum atomic E-state index is 9.88. The van der Waals surface area contributed by atoms with E-state index in [1.54, 1.807) is 12.1 Å². The summed E-state index contributed by atoms with van der Waals surface area (Å²) in [5.74, 6) is 0.840. The fourth-order valence-electron chi connectivity index (χ4n) is 1.93. The highest BCUT2D eigenvalue weighted by Gasteiger charge is 2.23. The first-order chi connectivity index (χ1) is 9.24. The number of phenols is 1. The second kappa shape index (κ2) is 4.99. The quantitative estimate of drug-likeness (QED) is 0.889. The molecule has 1 aliphatic rings. The molecule has 1 atom stereocenters. The van der Waals surface area contributed by atoms with Gasteiger partial charge in [-0.3, -0.25) is 0 Å². The van der Waals surface area contributed by atoms with Gasteiger partial charge in [0.2, 0.25) is 5.82 Å². The van der Waals surface area contributed by atoms with Crippen LogP contribution in [0.25, 0.3) is 11.5 Å². The van der Waals surface area contributed by atoms with E-state index in [0.717, 1.165) is 5.56 Å². The number of nitrogens with zero attached hydrogens (tertiary/aromatic N) is 2. The van der Waals surface area contributed by atoms with E-state index in [0.29, 0.717) is 31.2 Å². The van der Waals surface area contributed by atoms with Crippen LogP contribution in [0.1, 0.15) is 17.5 Å². The zero-order valence-electron chi connectivity index (χ0n) is 10.5. The molecule has 0 spiro atoms. The monoisotopic (exact) mass is 262 g/mol. The first-order valence-corrected chi connectivity index (χ1v) is 6.07. The lowest BCUT2D eigenvalue weighted by molar-refractivity contribution is -0.0941. The molecule has 0 radical (unpaired) electrons. The number of hydrogen-bond donors (Lipinski definition) is 1. The van der Waals surface area contributed by atoms with Crippen molar-refractivity contribution in [3.63, 3.8) is 0 Å². The number of phenolic OH excluding ortho intramolecular Hbond substituents is 1. The number of hydrogen-bond acceptors (Lipinski definition) is 6. The summed E-state index contributed by atoms with van der Waals surface area (Å²) in [7, 11) is 0. The van der Waals surface area contributed by atoms with Gasteiger partial charge in [-0.2, -0.15) is 4.98 Å². The van der Waals surface area contributed by atoms with Crippen LogP contribution in [0, 0.1) is 6.92 Å². The Morgan fingerprint density at radius 3 is 2.95 bits per heavy atom. The molecule has 0 saturated carbocycles. The van der Waals surface area contributed by atoms with E-state index in [-0.39, 0.29) is 17.7 Å². The Morgan fingerprint density at radius 2 is 2.21 bits per heavy atom. The summed E-state index contributed by atoms with van der Waals surface area (Å²) in [5.41, 5.74) is 1.48. The highest BCUT2D eigenvalue weighted by molar-refractivity contribution is 5.62. The molecule has 0 aliphatic carbocycles. The fraction of sp³-hybridized carbons (Fsp3) is 0.385. The van der Waals surface area contributed by atoms with Crippen LogP contribution in [0.5, 0.6) is 5.75 Å². The van der Waals surface area contributed by atoms with Crippen molar-refractivity contribution in [2.45, 2.75) is 13.0 Å². The van der Waals surface area contributed by atoms with Gasteiger partial charge in [-0.1, -0.05) is 11.2 Å². The van der Waals surface area contributed by atoms with E-state index in [1.807, 2.05) is 13.0 Å². The second-order valence-corrected chi connectivity index (χ2v) is 4.41. The predicted octanol–water partition coefficient (Wildman–Crippen LogP) is 1.84. The van der Waals surface area contributed by atoms with Crippen LogP contribution < -0.4 is 0 Å². The van der Waals surface area contributed by atoms with Gasteiger partial charge in [0.25, 0.3) is 5.89 Å². The molecule has 1 N–H and O–H groups in total. The highest BCUT2D eigenvalue weighted by atomic mass is 16.6. The minimum absolute atomic E-state index is 0.121. The largest absolute Gasteiger partial charge is 0.507 e. The summed E-state index contributed by atoms with van der Waals surface area (Å²) in [6.45, 7) is 3.42. The summed E-state index contributed by atoms with van der Waals surface area (Å²) in [5, 5.41) is 13.8. The Morgan fingerprint density at radius 1 is 1.32 bits per heavy atom. The first kappa shape index (κ1) is 12.1. The van der Waals surface area contributed by atoms with Crippen LogP contribution in [0.4, 0.5) is 0 Å². The van der Waals surface area contributed by atoms with Crippen LogP contribution in [-0.4, -0.2) is 35.1 Å². The second-order valence-electron chi connectivity index (χ2n) is 4.41.